The molecule has 2 heterocycles. The van der Waals surface area contributed by atoms with E-state index < -0.39 is 0 Å². The molecule has 0 aromatic carbocycles. The van der Waals surface area contributed by atoms with Crippen LogP contribution in [-0.4, -0.2) is 51.4 Å². The number of carbonyl (C=O) groups is 1. The van der Waals surface area contributed by atoms with E-state index in [1.807, 2.05) is 27.7 Å². The minimum absolute atomic E-state index is 0.0383. The summed E-state index contributed by atoms with van der Waals surface area (Å²) in [5, 5.41) is 0.656. The van der Waals surface area contributed by atoms with Crippen molar-refractivity contribution >= 4 is 27.5 Å². The average Bonchev–Trinajstić information content (AvgIpc) is 2.91. The van der Waals surface area contributed by atoms with E-state index in [2.05, 4.69) is 18.7 Å². The van der Waals surface area contributed by atoms with Gasteiger partial charge in [-0.1, -0.05) is 13.8 Å². The van der Waals surface area contributed by atoms with Crippen LogP contribution in [0.2, 0.25) is 0 Å². The van der Waals surface area contributed by atoms with Gasteiger partial charge in [-0.2, -0.15) is 0 Å². The normalized spacial score (nSPS) is 11.5. The van der Waals surface area contributed by atoms with Crippen LogP contribution in [0, 0.1) is 13.8 Å². The molecule has 0 N–H and O–H groups in total. The topological polar surface area (TPSA) is 58.4 Å². The van der Waals surface area contributed by atoms with Gasteiger partial charge < -0.3 is 4.90 Å². The summed E-state index contributed by atoms with van der Waals surface area (Å²) in [6.07, 6.45) is 0. The number of amides is 1. The van der Waals surface area contributed by atoms with Crippen LogP contribution in [0.3, 0.4) is 0 Å². The predicted molar refractivity (Wildman–Crippen MR) is 108 cm³/mol. The first-order chi connectivity index (χ1) is 12.4. The van der Waals surface area contributed by atoms with Crippen LogP contribution >= 0.6 is 11.3 Å². The Morgan fingerprint density at radius 2 is 1.69 bits per heavy atom. The van der Waals surface area contributed by atoms with Crippen molar-refractivity contribution in [1.29, 1.82) is 0 Å². The standard InChI is InChI=1S/C19H30N4O2S/c1-7-21(8-2)11-15-20-18-17(13(5)14(6)26-18)19(25)23(15)12-16(24)22(9-3)10-4/h7-12H2,1-6H3. The van der Waals surface area contributed by atoms with Gasteiger partial charge in [0.2, 0.25) is 5.91 Å². The molecule has 0 radical (unpaired) electrons. The largest absolute Gasteiger partial charge is 0.342 e. The third-order valence-corrected chi connectivity index (χ3v) is 6.14. The summed E-state index contributed by atoms with van der Waals surface area (Å²) in [5.74, 6) is 0.636. The Balaban J connectivity index is 2.59. The van der Waals surface area contributed by atoms with E-state index in [-0.39, 0.29) is 18.0 Å². The van der Waals surface area contributed by atoms with Crippen LogP contribution in [0.5, 0.6) is 0 Å². The maximum Gasteiger partial charge on any atom is 0.263 e. The SMILES string of the molecule is CCN(CC)Cc1nc2sc(C)c(C)c2c(=O)n1CC(=O)N(CC)CC. The molecule has 144 valence electrons. The van der Waals surface area contributed by atoms with Crippen molar-refractivity contribution < 1.29 is 4.79 Å². The molecule has 26 heavy (non-hydrogen) atoms. The zero-order valence-corrected chi connectivity index (χ0v) is 17.6. The molecule has 6 nitrogen and oxygen atoms in total. The number of nitrogens with zero attached hydrogens (tertiary/aromatic N) is 4. The van der Waals surface area contributed by atoms with E-state index in [4.69, 9.17) is 4.98 Å². The number of aromatic nitrogens is 2. The summed E-state index contributed by atoms with van der Waals surface area (Å²) in [4.78, 5) is 36.5. The Bertz CT molecular complexity index is 832. The fourth-order valence-corrected chi connectivity index (χ4v) is 4.15. The Kier molecular flexibility index (Phi) is 6.94. The van der Waals surface area contributed by atoms with Gasteiger partial charge in [-0.3, -0.25) is 19.1 Å². The Morgan fingerprint density at radius 3 is 2.23 bits per heavy atom. The molecule has 0 bridgehead atoms. The number of thiophene rings is 1. The Hall–Kier alpha value is -1.73. The van der Waals surface area contributed by atoms with Gasteiger partial charge in [0.25, 0.3) is 5.56 Å². The highest BCUT2D eigenvalue weighted by molar-refractivity contribution is 7.18. The molecular weight excluding hydrogens is 348 g/mol. The number of aryl methyl sites for hydroxylation is 2. The molecule has 0 fully saturated rings. The predicted octanol–water partition coefficient (Wildman–Crippen LogP) is 2.79. The van der Waals surface area contributed by atoms with Crippen molar-refractivity contribution in [3.05, 3.63) is 26.6 Å². The lowest BCUT2D eigenvalue weighted by atomic mass is 10.2. The number of carbonyl (C=O) groups excluding carboxylic acids is 1. The van der Waals surface area contributed by atoms with Gasteiger partial charge >= 0.3 is 0 Å². The van der Waals surface area contributed by atoms with Gasteiger partial charge in [-0.25, -0.2) is 4.98 Å². The van der Waals surface area contributed by atoms with E-state index in [1.165, 1.54) is 0 Å². The lowest BCUT2D eigenvalue weighted by Crippen LogP contribution is -2.38. The minimum atomic E-state index is -0.0977. The molecule has 0 aliphatic rings. The second-order valence-electron chi connectivity index (χ2n) is 6.41. The number of hydrogen-bond donors (Lipinski definition) is 0. The lowest BCUT2D eigenvalue weighted by Gasteiger charge is -2.23. The molecule has 0 atom stereocenters. The molecule has 0 aliphatic heterocycles. The second-order valence-corrected chi connectivity index (χ2v) is 7.61. The van der Waals surface area contributed by atoms with Gasteiger partial charge in [0.15, 0.2) is 0 Å². The zero-order valence-electron chi connectivity index (χ0n) is 16.8. The highest BCUT2D eigenvalue weighted by Crippen LogP contribution is 2.26. The first-order valence-electron chi connectivity index (χ1n) is 9.37. The van der Waals surface area contributed by atoms with Crippen molar-refractivity contribution in [2.75, 3.05) is 26.2 Å². The van der Waals surface area contributed by atoms with Gasteiger partial charge in [0.05, 0.1) is 11.9 Å². The van der Waals surface area contributed by atoms with E-state index in [0.29, 0.717) is 30.8 Å². The highest BCUT2D eigenvalue weighted by Gasteiger charge is 2.20. The summed E-state index contributed by atoms with van der Waals surface area (Å²) in [5.41, 5.74) is 0.875. The molecule has 2 rings (SSSR count). The first kappa shape index (κ1) is 20.6. The molecule has 0 saturated carbocycles. The molecule has 1 amide bonds. The van der Waals surface area contributed by atoms with Gasteiger partial charge in [-0.05, 0) is 46.3 Å². The lowest BCUT2D eigenvalue weighted by molar-refractivity contribution is -0.131. The molecule has 0 aliphatic carbocycles. The quantitative estimate of drug-likeness (QED) is 0.709. The minimum Gasteiger partial charge on any atom is -0.342 e. The number of fused-ring (bicyclic) bond motifs is 1. The fraction of sp³-hybridized carbons (Fsp3) is 0.632. The third kappa shape index (κ3) is 3.99. The molecule has 0 saturated heterocycles. The molecule has 0 unspecified atom stereocenters. The van der Waals surface area contributed by atoms with E-state index in [0.717, 1.165) is 28.4 Å². The molecule has 2 aromatic heterocycles. The van der Waals surface area contributed by atoms with Crippen LogP contribution in [0.25, 0.3) is 10.2 Å². The van der Waals surface area contributed by atoms with Gasteiger partial charge in [0.1, 0.15) is 17.2 Å². The number of likely N-dealkylation sites (N-methyl/N-ethyl adjacent to an activating group) is 1. The fourth-order valence-electron chi connectivity index (χ4n) is 3.11. The molecule has 0 spiro atoms. The van der Waals surface area contributed by atoms with E-state index in [1.54, 1.807) is 20.8 Å². The summed E-state index contributed by atoms with van der Waals surface area (Å²) >= 11 is 1.55. The van der Waals surface area contributed by atoms with Crippen LogP contribution in [0.15, 0.2) is 4.79 Å². The van der Waals surface area contributed by atoms with Crippen LogP contribution < -0.4 is 5.56 Å². The maximum atomic E-state index is 13.2. The summed E-state index contributed by atoms with van der Waals surface area (Å²) in [6, 6.07) is 0. The summed E-state index contributed by atoms with van der Waals surface area (Å²) in [6.45, 7) is 15.7. The molecule has 2 aromatic rings. The Morgan fingerprint density at radius 1 is 1.08 bits per heavy atom. The monoisotopic (exact) mass is 378 g/mol. The zero-order chi connectivity index (χ0) is 19.4. The van der Waals surface area contributed by atoms with Gasteiger partial charge in [0, 0.05) is 18.0 Å². The first-order valence-corrected chi connectivity index (χ1v) is 10.2. The Labute approximate surface area is 159 Å². The molecule has 7 heteroatoms. The number of rotatable bonds is 8. The third-order valence-electron chi connectivity index (χ3n) is 5.04. The van der Waals surface area contributed by atoms with Crippen molar-refractivity contribution in [3.63, 3.8) is 0 Å². The maximum absolute atomic E-state index is 13.2. The average molecular weight is 379 g/mol. The van der Waals surface area contributed by atoms with Crippen molar-refractivity contribution in [1.82, 2.24) is 19.4 Å². The van der Waals surface area contributed by atoms with Crippen LogP contribution in [-0.2, 0) is 17.9 Å². The van der Waals surface area contributed by atoms with Gasteiger partial charge in [-0.15, -0.1) is 11.3 Å². The summed E-state index contributed by atoms with van der Waals surface area (Å²) in [7, 11) is 0. The second kappa shape index (κ2) is 8.77. The van der Waals surface area contributed by atoms with Crippen molar-refractivity contribution in [2.45, 2.75) is 54.6 Å². The van der Waals surface area contributed by atoms with E-state index in [9.17, 15) is 9.59 Å². The van der Waals surface area contributed by atoms with Crippen LogP contribution in [0.1, 0.15) is 44.0 Å². The van der Waals surface area contributed by atoms with Crippen LogP contribution in [0.4, 0.5) is 0 Å². The number of hydrogen-bond acceptors (Lipinski definition) is 5. The van der Waals surface area contributed by atoms with Crippen molar-refractivity contribution in [2.24, 2.45) is 0 Å². The smallest absolute Gasteiger partial charge is 0.263 e. The van der Waals surface area contributed by atoms with Crippen molar-refractivity contribution in [3.8, 4) is 0 Å². The molecular formula is C19H30N4O2S. The van der Waals surface area contributed by atoms with E-state index >= 15 is 0 Å². The summed E-state index contributed by atoms with van der Waals surface area (Å²) < 4.78 is 1.58. The highest BCUT2D eigenvalue weighted by atomic mass is 32.1.